The molecule has 1 heterocycles. The number of para-hydroxylation sites is 1. The molecule has 0 aliphatic carbocycles. The first-order chi connectivity index (χ1) is 13.6. The van der Waals surface area contributed by atoms with Gasteiger partial charge in [0.1, 0.15) is 17.9 Å². The van der Waals surface area contributed by atoms with Crippen molar-refractivity contribution < 1.29 is 19.2 Å². The highest BCUT2D eigenvalue weighted by Crippen LogP contribution is 2.34. The lowest BCUT2D eigenvalue weighted by Crippen LogP contribution is -3.10. The zero-order chi connectivity index (χ0) is 19.5. The van der Waals surface area contributed by atoms with Crippen LogP contribution < -0.4 is 9.64 Å². The van der Waals surface area contributed by atoms with Crippen molar-refractivity contribution in [3.05, 3.63) is 102 Å². The molecule has 4 heteroatoms. The fourth-order valence-corrected chi connectivity index (χ4v) is 3.70. The minimum absolute atomic E-state index is 0.0101. The summed E-state index contributed by atoms with van der Waals surface area (Å²) in [4.78, 5) is 13.8. The summed E-state index contributed by atoms with van der Waals surface area (Å²) < 4.78 is 12.2. The molecule has 0 saturated carbocycles. The highest BCUT2D eigenvalue weighted by molar-refractivity contribution is 5.91. The van der Waals surface area contributed by atoms with E-state index in [0.717, 1.165) is 11.1 Å². The van der Waals surface area contributed by atoms with Gasteiger partial charge in [-0.15, -0.1) is 0 Å². The van der Waals surface area contributed by atoms with Gasteiger partial charge in [-0.25, -0.2) is 4.79 Å². The Morgan fingerprint density at radius 3 is 2.21 bits per heavy atom. The number of hydrogen-bond donors (Lipinski definition) is 1. The zero-order valence-corrected chi connectivity index (χ0v) is 16.0. The van der Waals surface area contributed by atoms with Crippen molar-refractivity contribution in [3.63, 3.8) is 0 Å². The molecule has 3 aromatic rings. The molecule has 4 atom stereocenters. The van der Waals surface area contributed by atoms with Crippen LogP contribution in [0.15, 0.2) is 84.9 Å². The Morgan fingerprint density at radius 2 is 1.50 bits per heavy atom. The predicted octanol–water partition coefficient (Wildman–Crippen LogP) is 3.58. The maximum Gasteiger partial charge on any atom is 0.343 e. The molecule has 1 fully saturated rings. The van der Waals surface area contributed by atoms with Gasteiger partial charge in [0.15, 0.2) is 0 Å². The van der Waals surface area contributed by atoms with Gasteiger partial charge in [0.25, 0.3) is 0 Å². The SMILES string of the molecule is C[C@H]1[C@H](c2ccccc2)O[C@H](c2ccccc2OC(=O)c2ccccc2)[NH+]1C. The topological polar surface area (TPSA) is 40.0 Å². The molecule has 4 nitrogen and oxygen atoms in total. The summed E-state index contributed by atoms with van der Waals surface area (Å²) in [5.74, 6) is 0.179. The lowest BCUT2D eigenvalue weighted by molar-refractivity contribution is -0.933. The fourth-order valence-electron chi connectivity index (χ4n) is 3.70. The van der Waals surface area contributed by atoms with E-state index in [0.29, 0.717) is 11.3 Å². The number of carbonyl (C=O) groups excluding carboxylic acids is 1. The van der Waals surface area contributed by atoms with Crippen LogP contribution in [0, 0.1) is 0 Å². The minimum Gasteiger partial charge on any atom is -0.422 e. The van der Waals surface area contributed by atoms with Crippen molar-refractivity contribution in [1.29, 1.82) is 0 Å². The van der Waals surface area contributed by atoms with Gasteiger partial charge < -0.3 is 14.4 Å². The maximum atomic E-state index is 12.5. The molecule has 1 aliphatic rings. The monoisotopic (exact) mass is 374 g/mol. The Balaban J connectivity index is 1.60. The summed E-state index contributed by atoms with van der Waals surface area (Å²) in [5.41, 5.74) is 2.58. The second kappa shape index (κ2) is 7.97. The summed E-state index contributed by atoms with van der Waals surface area (Å²) in [5, 5.41) is 0. The van der Waals surface area contributed by atoms with Crippen LogP contribution in [0.5, 0.6) is 5.75 Å². The molecule has 142 valence electrons. The molecule has 0 bridgehead atoms. The molecular weight excluding hydrogens is 350 g/mol. The summed E-state index contributed by atoms with van der Waals surface area (Å²) in [6.07, 6.45) is -0.218. The summed E-state index contributed by atoms with van der Waals surface area (Å²) >= 11 is 0. The highest BCUT2D eigenvalue weighted by Gasteiger charge is 2.44. The maximum absolute atomic E-state index is 12.5. The molecule has 28 heavy (non-hydrogen) atoms. The number of likely N-dealkylation sites (N-methyl/N-ethyl adjacent to an activating group) is 1. The average Bonchev–Trinajstić information content (AvgIpc) is 3.04. The zero-order valence-electron chi connectivity index (χ0n) is 16.0. The number of benzene rings is 3. The number of hydrogen-bond acceptors (Lipinski definition) is 3. The Kier molecular flexibility index (Phi) is 5.24. The predicted molar refractivity (Wildman–Crippen MR) is 107 cm³/mol. The van der Waals surface area contributed by atoms with Gasteiger partial charge in [0.2, 0.25) is 6.23 Å². The Bertz CT molecular complexity index is 942. The van der Waals surface area contributed by atoms with Crippen LogP contribution in [0.1, 0.15) is 40.7 Å². The second-order valence-electron chi connectivity index (χ2n) is 7.17. The van der Waals surface area contributed by atoms with Crippen molar-refractivity contribution in [3.8, 4) is 5.75 Å². The normalized spacial score (nSPS) is 24.1. The number of carbonyl (C=O) groups is 1. The van der Waals surface area contributed by atoms with E-state index in [-0.39, 0.29) is 24.3 Å². The van der Waals surface area contributed by atoms with Gasteiger partial charge in [0.05, 0.1) is 18.2 Å². The van der Waals surface area contributed by atoms with Gasteiger partial charge in [0, 0.05) is 0 Å². The number of nitrogens with one attached hydrogen (secondary N) is 1. The molecule has 4 rings (SSSR count). The first-order valence-corrected chi connectivity index (χ1v) is 9.55. The third kappa shape index (κ3) is 3.57. The minimum atomic E-state index is -0.364. The summed E-state index contributed by atoms with van der Waals surface area (Å²) in [6, 6.07) is 27.2. The van der Waals surface area contributed by atoms with Crippen LogP contribution >= 0.6 is 0 Å². The third-order valence-electron chi connectivity index (χ3n) is 5.41. The second-order valence-corrected chi connectivity index (χ2v) is 7.17. The van der Waals surface area contributed by atoms with Gasteiger partial charge in [-0.1, -0.05) is 60.7 Å². The molecule has 1 aliphatic heterocycles. The number of esters is 1. The van der Waals surface area contributed by atoms with Crippen LogP contribution in [-0.4, -0.2) is 19.1 Å². The van der Waals surface area contributed by atoms with Gasteiger partial charge in [-0.2, -0.15) is 0 Å². The molecule has 0 amide bonds. The first kappa shape index (κ1) is 18.4. The quantitative estimate of drug-likeness (QED) is 0.561. The molecule has 0 radical (unpaired) electrons. The van der Waals surface area contributed by atoms with E-state index < -0.39 is 0 Å². The lowest BCUT2D eigenvalue weighted by Gasteiger charge is -2.20. The molecule has 3 aromatic carbocycles. The Morgan fingerprint density at radius 1 is 0.893 bits per heavy atom. The number of rotatable bonds is 4. The Labute approximate surface area is 165 Å². The molecule has 1 N–H and O–H groups in total. The Hall–Kier alpha value is -2.95. The van der Waals surface area contributed by atoms with E-state index >= 15 is 0 Å². The average molecular weight is 374 g/mol. The van der Waals surface area contributed by atoms with Crippen LogP contribution in [-0.2, 0) is 4.74 Å². The van der Waals surface area contributed by atoms with Crippen LogP contribution in [0.25, 0.3) is 0 Å². The smallest absolute Gasteiger partial charge is 0.343 e. The van der Waals surface area contributed by atoms with E-state index in [1.54, 1.807) is 12.1 Å². The molecular formula is C24H24NO3+. The van der Waals surface area contributed by atoms with E-state index in [4.69, 9.17) is 9.47 Å². The van der Waals surface area contributed by atoms with Crippen molar-refractivity contribution >= 4 is 5.97 Å². The lowest BCUT2D eigenvalue weighted by atomic mass is 10.0. The van der Waals surface area contributed by atoms with E-state index in [2.05, 4.69) is 26.1 Å². The molecule has 0 aromatic heterocycles. The largest absolute Gasteiger partial charge is 0.422 e. The van der Waals surface area contributed by atoms with E-state index in [1.807, 2.05) is 60.7 Å². The van der Waals surface area contributed by atoms with Gasteiger partial charge >= 0.3 is 5.97 Å². The number of quaternary nitrogens is 1. The van der Waals surface area contributed by atoms with Crippen molar-refractivity contribution in [2.75, 3.05) is 7.05 Å². The van der Waals surface area contributed by atoms with E-state index in [9.17, 15) is 4.79 Å². The van der Waals surface area contributed by atoms with Crippen molar-refractivity contribution in [1.82, 2.24) is 0 Å². The summed E-state index contributed by atoms with van der Waals surface area (Å²) in [7, 11) is 2.12. The van der Waals surface area contributed by atoms with Gasteiger partial charge in [-0.05, 0) is 36.8 Å². The molecule has 1 saturated heterocycles. The van der Waals surface area contributed by atoms with Gasteiger partial charge in [-0.3, -0.25) is 0 Å². The fraction of sp³-hybridized carbons (Fsp3) is 0.208. The van der Waals surface area contributed by atoms with Crippen LogP contribution in [0.2, 0.25) is 0 Å². The first-order valence-electron chi connectivity index (χ1n) is 9.55. The third-order valence-corrected chi connectivity index (χ3v) is 5.41. The highest BCUT2D eigenvalue weighted by atomic mass is 16.5. The van der Waals surface area contributed by atoms with Crippen molar-refractivity contribution in [2.24, 2.45) is 0 Å². The van der Waals surface area contributed by atoms with Crippen LogP contribution in [0.3, 0.4) is 0 Å². The molecule has 1 unspecified atom stereocenters. The van der Waals surface area contributed by atoms with Crippen LogP contribution in [0.4, 0.5) is 0 Å². The van der Waals surface area contributed by atoms with E-state index in [1.165, 1.54) is 4.90 Å². The van der Waals surface area contributed by atoms with Crippen molar-refractivity contribution in [2.45, 2.75) is 25.3 Å². The standard InChI is InChI=1S/C24H23NO3/c1-17-22(18-11-5-3-6-12-18)28-23(25(17)2)20-15-9-10-16-21(20)27-24(26)19-13-7-4-8-14-19/h3-17,22-23H,1-2H3/p+1/t17-,22+,23+/m0/s1. The molecule has 0 spiro atoms. The summed E-state index contributed by atoms with van der Waals surface area (Å²) in [6.45, 7) is 2.19. The number of ether oxygens (including phenoxy) is 2.